The van der Waals surface area contributed by atoms with Gasteiger partial charge in [0, 0.05) is 17.1 Å². The molecule has 5 heteroatoms. The monoisotopic (exact) mass is 265 g/mol. The molecule has 0 amide bonds. The van der Waals surface area contributed by atoms with Gasteiger partial charge in [-0.3, -0.25) is 4.57 Å². The van der Waals surface area contributed by atoms with Crippen LogP contribution in [0.15, 0.2) is 24.4 Å². The fourth-order valence-electron chi connectivity index (χ4n) is 1.90. The number of halogens is 1. The van der Waals surface area contributed by atoms with E-state index in [-0.39, 0.29) is 12.0 Å². The van der Waals surface area contributed by atoms with E-state index in [1.54, 1.807) is 26.8 Å². The van der Waals surface area contributed by atoms with Crippen LogP contribution < -0.4 is 0 Å². The van der Waals surface area contributed by atoms with E-state index >= 15 is 0 Å². The third-order valence-corrected chi connectivity index (χ3v) is 2.62. The van der Waals surface area contributed by atoms with Gasteiger partial charge in [0.15, 0.2) is 0 Å². The first-order valence-electron chi connectivity index (χ1n) is 5.96. The van der Waals surface area contributed by atoms with Gasteiger partial charge in [0.2, 0.25) is 0 Å². The molecule has 0 aliphatic carbocycles. The molecule has 19 heavy (non-hydrogen) atoms. The average molecular weight is 265 g/mol. The van der Waals surface area contributed by atoms with Gasteiger partial charge in [-0.05, 0) is 32.9 Å². The third kappa shape index (κ3) is 2.61. The number of carbonyl (C=O) groups excluding carboxylic acids is 1. The van der Waals surface area contributed by atoms with Crippen LogP contribution in [0.2, 0.25) is 0 Å². The standard InChI is InChI=1S/C14H16FNO3/c1-14(2,3)19-13(18)16-7-9(8-17)12-10(15)5-4-6-11(12)16/h4-7,17H,8H2,1-3H3. The number of ether oxygens (including phenoxy) is 1. The van der Waals surface area contributed by atoms with Crippen molar-refractivity contribution in [2.24, 2.45) is 0 Å². The zero-order valence-electron chi connectivity index (χ0n) is 11.1. The van der Waals surface area contributed by atoms with Crippen LogP contribution in [0, 0.1) is 5.82 Å². The van der Waals surface area contributed by atoms with E-state index in [0.29, 0.717) is 11.1 Å². The second kappa shape index (κ2) is 4.66. The van der Waals surface area contributed by atoms with E-state index in [0.717, 1.165) is 0 Å². The lowest BCUT2D eigenvalue weighted by Gasteiger charge is -2.19. The number of aromatic nitrogens is 1. The molecule has 1 aromatic heterocycles. The Labute approximate surface area is 110 Å². The van der Waals surface area contributed by atoms with Gasteiger partial charge in [-0.15, -0.1) is 0 Å². The minimum absolute atomic E-state index is 0.246. The highest BCUT2D eigenvalue weighted by atomic mass is 19.1. The van der Waals surface area contributed by atoms with Crippen molar-refractivity contribution in [3.05, 3.63) is 35.8 Å². The van der Waals surface area contributed by atoms with Crippen LogP contribution in [-0.2, 0) is 11.3 Å². The Morgan fingerprint density at radius 3 is 2.68 bits per heavy atom. The van der Waals surface area contributed by atoms with Crippen molar-refractivity contribution < 1.29 is 19.0 Å². The summed E-state index contributed by atoms with van der Waals surface area (Å²) in [4.78, 5) is 12.1. The number of benzene rings is 1. The summed E-state index contributed by atoms with van der Waals surface area (Å²) in [7, 11) is 0. The van der Waals surface area contributed by atoms with Crippen LogP contribution in [0.25, 0.3) is 10.9 Å². The highest BCUT2D eigenvalue weighted by Gasteiger charge is 2.21. The zero-order valence-corrected chi connectivity index (χ0v) is 11.1. The Balaban J connectivity index is 2.56. The molecule has 0 fully saturated rings. The largest absolute Gasteiger partial charge is 0.443 e. The van der Waals surface area contributed by atoms with Gasteiger partial charge in [-0.25, -0.2) is 9.18 Å². The SMILES string of the molecule is CC(C)(C)OC(=O)n1cc(CO)c2c(F)cccc21. The van der Waals surface area contributed by atoms with Crippen LogP contribution >= 0.6 is 0 Å². The summed E-state index contributed by atoms with van der Waals surface area (Å²) in [6, 6.07) is 4.42. The van der Waals surface area contributed by atoms with Gasteiger partial charge in [0.1, 0.15) is 11.4 Å². The molecule has 0 atom stereocenters. The number of hydrogen-bond acceptors (Lipinski definition) is 3. The first kappa shape index (κ1) is 13.5. The van der Waals surface area contributed by atoms with Crippen molar-refractivity contribution in [3.63, 3.8) is 0 Å². The van der Waals surface area contributed by atoms with Gasteiger partial charge in [0.25, 0.3) is 0 Å². The quantitative estimate of drug-likeness (QED) is 0.862. The van der Waals surface area contributed by atoms with E-state index in [2.05, 4.69) is 0 Å². The Morgan fingerprint density at radius 2 is 2.11 bits per heavy atom. The second-order valence-electron chi connectivity index (χ2n) is 5.30. The van der Waals surface area contributed by atoms with Gasteiger partial charge >= 0.3 is 6.09 Å². The highest BCUT2D eigenvalue weighted by Crippen LogP contribution is 2.25. The molecule has 0 aliphatic heterocycles. The molecule has 1 N–H and O–H groups in total. The summed E-state index contributed by atoms with van der Waals surface area (Å²) in [6.07, 6.45) is 0.810. The first-order valence-corrected chi connectivity index (χ1v) is 5.96. The van der Waals surface area contributed by atoms with Crippen LogP contribution in [0.3, 0.4) is 0 Å². The predicted octanol–water partition coefficient (Wildman–Crippen LogP) is 3.06. The average Bonchev–Trinajstić information content (AvgIpc) is 2.67. The molecule has 4 nitrogen and oxygen atoms in total. The Kier molecular flexibility index (Phi) is 3.32. The van der Waals surface area contributed by atoms with Crippen molar-refractivity contribution in [2.75, 3.05) is 0 Å². The van der Waals surface area contributed by atoms with Crippen molar-refractivity contribution in [1.82, 2.24) is 4.57 Å². The molecule has 102 valence electrons. The number of fused-ring (bicyclic) bond motifs is 1. The van der Waals surface area contributed by atoms with Gasteiger partial charge in [-0.2, -0.15) is 0 Å². The first-order chi connectivity index (χ1) is 8.83. The maximum atomic E-state index is 13.8. The molecule has 0 radical (unpaired) electrons. The molecule has 1 aromatic carbocycles. The lowest BCUT2D eigenvalue weighted by molar-refractivity contribution is 0.0544. The smallest absolute Gasteiger partial charge is 0.419 e. The van der Waals surface area contributed by atoms with Crippen LogP contribution in [-0.4, -0.2) is 21.4 Å². The second-order valence-corrected chi connectivity index (χ2v) is 5.30. The van der Waals surface area contributed by atoms with Gasteiger partial charge in [0.05, 0.1) is 12.1 Å². The predicted molar refractivity (Wildman–Crippen MR) is 69.5 cm³/mol. The Hall–Kier alpha value is -1.88. The molecule has 0 saturated heterocycles. The van der Waals surface area contributed by atoms with E-state index in [1.165, 1.54) is 22.9 Å². The normalized spacial score (nSPS) is 11.8. The minimum atomic E-state index is -0.639. The number of carbonyl (C=O) groups is 1. The lowest BCUT2D eigenvalue weighted by atomic mass is 10.2. The summed E-state index contributed by atoms with van der Waals surface area (Å²) in [5.41, 5.74) is 0.109. The molecular weight excluding hydrogens is 249 g/mol. The van der Waals surface area contributed by atoms with E-state index in [4.69, 9.17) is 4.74 Å². The number of aliphatic hydroxyl groups is 1. The maximum Gasteiger partial charge on any atom is 0.419 e. The summed E-state index contributed by atoms with van der Waals surface area (Å²) in [5.74, 6) is -0.469. The molecule has 1 heterocycles. The Bertz CT molecular complexity index is 625. The van der Waals surface area contributed by atoms with Crippen molar-refractivity contribution in [3.8, 4) is 0 Å². The number of nitrogens with zero attached hydrogens (tertiary/aromatic N) is 1. The highest BCUT2D eigenvalue weighted by molar-refractivity contribution is 5.92. The molecule has 0 saturated carbocycles. The Morgan fingerprint density at radius 1 is 1.42 bits per heavy atom. The summed E-state index contributed by atoms with van der Waals surface area (Å²) in [6.45, 7) is 4.92. The summed E-state index contributed by atoms with van der Waals surface area (Å²) >= 11 is 0. The van der Waals surface area contributed by atoms with Crippen LogP contribution in [0.4, 0.5) is 9.18 Å². The van der Waals surface area contributed by atoms with E-state index in [1.807, 2.05) is 0 Å². The van der Waals surface area contributed by atoms with Crippen molar-refractivity contribution >= 4 is 17.0 Å². The molecule has 2 rings (SSSR count). The number of rotatable bonds is 1. The molecule has 0 bridgehead atoms. The number of aliphatic hydroxyl groups excluding tert-OH is 1. The molecule has 0 spiro atoms. The summed E-state index contributed by atoms with van der Waals surface area (Å²) in [5, 5.41) is 9.50. The van der Waals surface area contributed by atoms with E-state index < -0.39 is 17.5 Å². The molecule has 0 aliphatic rings. The fraction of sp³-hybridized carbons (Fsp3) is 0.357. The molecular formula is C14H16FNO3. The van der Waals surface area contributed by atoms with Crippen LogP contribution in [0.1, 0.15) is 26.3 Å². The van der Waals surface area contributed by atoms with Crippen molar-refractivity contribution in [2.45, 2.75) is 33.0 Å². The van der Waals surface area contributed by atoms with Gasteiger partial charge < -0.3 is 9.84 Å². The lowest BCUT2D eigenvalue weighted by Crippen LogP contribution is -2.26. The van der Waals surface area contributed by atoms with Crippen LogP contribution in [0.5, 0.6) is 0 Å². The fourth-order valence-corrected chi connectivity index (χ4v) is 1.90. The third-order valence-electron chi connectivity index (χ3n) is 2.62. The zero-order chi connectivity index (χ0) is 14.2. The van der Waals surface area contributed by atoms with E-state index in [9.17, 15) is 14.3 Å². The topological polar surface area (TPSA) is 51.5 Å². The van der Waals surface area contributed by atoms with Gasteiger partial charge in [-0.1, -0.05) is 6.07 Å². The summed E-state index contributed by atoms with van der Waals surface area (Å²) < 4.78 is 20.2. The molecule has 0 unspecified atom stereocenters. The van der Waals surface area contributed by atoms with Crippen molar-refractivity contribution in [1.29, 1.82) is 0 Å². The minimum Gasteiger partial charge on any atom is -0.443 e. The maximum absolute atomic E-state index is 13.8. The number of hydrogen-bond donors (Lipinski definition) is 1. The molecule has 2 aromatic rings.